The molecule has 1 atom stereocenters. The molecule has 2 fully saturated rings. The second-order valence-corrected chi connectivity index (χ2v) is 8.05. The zero-order chi connectivity index (χ0) is 20.9. The Labute approximate surface area is 177 Å². The molecule has 8 heteroatoms. The quantitative estimate of drug-likeness (QED) is 0.576. The van der Waals surface area contributed by atoms with Gasteiger partial charge in [0, 0.05) is 52.9 Å². The largest absolute Gasteiger partial charge is 0.368 e. The molecule has 2 saturated heterocycles. The van der Waals surface area contributed by atoms with Crippen LogP contribution >= 0.6 is 0 Å². The van der Waals surface area contributed by atoms with Gasteiger partial charge in [-0.05, 0) is 30.4 Å². The van der Waals surface area contributed by atoms with Crippen molar-refractivity contribution in [2.45, 2.75) is 31.9 Å². The number of guanidine groups is 1. The van der Waals surface area contributed by atoms with Crippen LogP contribution in [0.3, 0.4) is 0 Å². The Bertz CT molecular complexity index is 798. The number of rotatable bonds is 3. The minimum Gasteiger partial charge on any atom is -0.368 e. The van der Waals surface area contributed by atoms with E-state index in [0.717, 1.165) is 25.8 Å². The molecule has 0 bridgehead atoms. The number of nitrogens with zero attached hydrogens (tertiary/aromatic N) is 4. The number of fused-ring (bicyclic) bond motifs is 1. The third kappa shape index (κ3) is 4.59. The van der Waals surface area contributed by atoms with Crippen molar-refractivity contribution >= 4 is 17.8 Å². The number of amides is 2. The van der Waals surface area contributed by atoms with Gasteiger partial charge < -0.3 is 24.8 Å². The van der Waals surface area contributed by atoms with Gasteiger partial charge in [-0.15, -0.1) is 0 Å². The van der Waals surface area contributed by atoms with Crippen molar-refractivity contribution in [3.05, 3.63) is 35.4 Å². The molecule has 1 aromatic rings. The maximum absolute atomic E-state index is 12.7. The molecule has 0 aliphatic carbocycles. The van der Waals surface area contributed by atoms with Crippen LogP contribution in [0.4, 0.5) is 0 Å². The first kappa shape index (κ1) is 20.7. The van der Waals surface area contributed by atoms with Gasteiger partial charge in [0.1, 0.15) is 6.10 Å². The number of carbonyl (C=O) groups excluding carboxylic acids is 2. The van der Waals surface area contributed by atoms with Gasteiger partial charge in [-0.3, -0.25) is 14.6 Å². The predicted octanol–water partition coefficient (Wildman–Crippen LogP) is 0.470. The summed E-state index contributed by atoms with van der Waals surface area (Å²) >= 11 is 0. The fourth-order valence-corrected chi connectivity index (χ4v) is 4.42. The first-order valence-corrected chi connectivity index (χ1v) is 10.9. The maximum Gasteiger partial charge on any atom is 0.251 e. The Morgan fingerprint density at radius 1 is 1.07 bits per heavy atom. The van der Waals surface area contributed by atoms with Gasteiger partial charge in [-0.2, -0.15) is 0 Å². The molecule has 3 heterocycles. The summed E-state index contributed by atoms with van der Waals surface area (Å²) in [6.45, 7) is 5.02. The van der Waals surface area contributed by atoms with Crippen LogP contribution in [0.15, 0.2) is 29.3 Å². The number of piperazine rings is 1. The maximum atomic E-state index is 12.7. The summed E-state index contributed by atoms with van der Waals surface area (Å²) in [5.74, 6) is 0.901. The number of hydrogen-bond donors (Lipinski definition) is 1. The second-order valence-electron chi connectivity index (χ2n) is 8.05. The van der Waals surface area contributed by atoms with Crippen molar-refractivity contribution in [2.24, 2.45) is 4.99 Å². The van der Waals surface area contributed by atoms with Crippen molar-refractivity contribution in [1.82, 2.24) is 20.0 Å². The van der Waals surface area contributed by atoms with Crippen LogP contribution in [-0.4, -0.2) is 91.5 Å². The third-order valence-corrected chi connectivity index (χ3v) is 6.19. The summed E-state index contributed by atoms with van der Waals surface area (Å²) in [6, 6.07) is 8.31. The van der Waals surface area contributed by atoms with Crippen LogP contribution in [0.5, 0.6) is 0 Å². The van der Waals surface area contributed by atoms with E-state index in [2.05, 4.69) is 33.4 Å². The molecule has 2 amide bonds. The van der Waals surface area contributed by atoms with Crippen LogP contribution in [0, 0.1) is 0 Å². The predicted molar refractivity (Wildman–Crippen MR) is 114 cm³/mol. The number of benzene rings is 1. The monoisotopic (exact) mass is 413 g/mol. The zero-order valence-electron chi connectivity index (χ0n) is 17.7. The first-order valence-electron chi connectivity index (χ1n) is 10.9. The Balaban J connectivity index is 1.24. The van der Waals surface area contributed by atoms with E-state index < -0.39 is 0 Å². The molecule has 3 aliphatic rings. The highest BCUT2D eigenvalue weighted by atomic mass is 16.5. The molecule has 162 valence electrons. The summed E-state index contributed by atoms with van der Waals surface area (Å²) in [5, 5.41) is 3.22. The lowest BCUT2D eigenvalue weighted by atomic mass is 10.00. The molecule has 1 aromatic carbocycles. The Morgan fingerprint density at radius 2 is 1.80 bits per heavy atom. The minimum absolute atomic E-state index is 0.0813. The number of carbonyl (C=O) groups is 2. The van der Waals surface area contributed by atoms with Gasteiger partial charge in [0.05, 0.1) is 6.54 Å². The van der Waals surface area contributed by atoms with E-state index in [1.54, 1.807) is 7.05 Å². The Morgan fingerprint density at radius 3 is 2.50 bits per heavy atom. The van der Waals surface area contributed by atoms with Gasteiger partial charge in [0.15, 0.2) is 5.96 Å². The average Bonchev–Trinajstić information content (AvgIpc) is 3.34. The molecular formula is C22H31N5O3. The van der Waals surface area contributed by atoms with Crippen LogP contribution in [-0.2, 0) is 27.3 Å². The van der Waals surface area contributed by atoms with Gasteiger partial charge in [-0.25, -0.2) is 0 Å². The minimum atomic E-state index is -0.263. The smallest absolute Gasteiger partial charge is 0.251 e. The molecule has 4 rings (SSSR count). The summed E-state index contributed by atoms with van der Waals surface area (Å²) in [7, 11) is 1.73. The standard InChI is InChI=1S/C22H31N5O3/c1-23-22(26-12-10-25(11-13-26)21(29)19-7-4-14-30-19)24-15-20(28)27-9-8-17-5-2-3-6-18(17)16-27/h2-3,5-6,19H,4,7-16H2,1H3,(H,23,24). The average molecular weight is 414 g/mol. The van der Waals surface area contributed by atoms with E-state index in [1.165, 1.54) is 11.1 Å². The zero-order valence-corrected chi connectivity index (χ0v) is 17.7. The summed E-state index contributed by atoms with van der Waals surface area (Å²) in [6.07, 6.45) is 2.42. The summed E-state index contributed by atoms with van der Waals surface area (Å²) in [5.41, 5.74) is 2.56. The lowest BCUT2D eigenvalue weighted by molar-refractivity contribution is -0.142. The molecule has 1 N–H and O–H groups in total. The molecule has 0 spiro atoms. The highest BCUT2D eigenvalue weighted by Crippen LogP contribution is 2.18. The van der Waals surface area contributed by atoms with Crippen molar-refractivity contribution in [3.63, 3.8) is 0 Å². The van der Waals surface area contributed by atoms with E-state index in [1.807, 2.05) is 15.9 Å². The van der Waals surface area contributed by atoms with E-state index in [-0.39, 0.29) is 24.5 Å². The van der Waals surface area contributed by atoms with E-state index in [0.29, 0.717) is 45.3 Å². The molecule has 0 saturated carbocycles. The SMILES string of the molecule is CN=C(NCC(=O)N1CCc2ccccc2C1)N1CCN(C(=O)C2CCCO2)CC1. The Hall–Kier alpha value is -2.61. The molecule has 8 nitrogen and oxygen atoms in total. The van der Waals surface area contributed by atoms with E-state index >= 15 is 0 Å². The van der Waals surface area contributed by atoms with Crippen LogP contribution < -0.4 is 5.32 Å². The van der Waals surface area contributed by atoms with Gasteiger partial charge in [-0.1, -0.05) is 24.3 Å². The number of ether oxygens (including phenoxy) is 1. The number of hydrogen-bond acceptors (Lipinski definition) is 4. The van der Waals surface area contributed by atoms with Crippen molar-refractivity contribution < 1.29 is 14.3 Å². The van der Waals surface area contributed by atoms with E-state index in [4.69, 9.17) is 4.74 Å². The molecule has 0 aromatic heterocycles. The fraction of sp³-hybridized carbons (Fsp3) is 0.591. The van der Waals surface area contributed by atoms with Gasteiger partial charge in [0.25, 0.3) is 5.91 Å². The van der Waals surface area contributed by atoms with Gasteiger partial charge in [0.2, 0.25) is 5.91 Å². The third-order valence-electron chi connectivity index (χ3n) is 6.19. The van der Waals surface area contributed by atoms with Crippen LogP contribution in [0.1, 0.15) is 24.0 Å². The fourth-order valence-electron chi connectivity index (χ4n) is 4.42. The summed E-state index contributed by atoms with van der Waals surface area (Å²) in [4.78, 5) is 35.5. The highest BCUT2D eigenvalue weighted by Gasteiger charge is 2.31. The lowest BCUT2D eigenvalue weighted by Crippen LogP contribution is -2.56. The first-order chi connectivity index (χ1) is 14.7. The normalized spacial score (nSPS) is 22.1. The lowest BCUT2D eigenvalue weighted by Gasteiger charge is -2.37. The molecule has 1 unspecified atom stereocenters. The second kappa shape index (κ2) is 9.47. The van der Waals surface area contributed by atoms with Crippen molar-refractivity contribution in [1.29, 1.82) is 0 Å². The molecule has 0 radical (unpaired) electrons. The molecule has 30 heavy (non-hydrogen) atoms. The highest BCUT2D eigenvalue weighted by molar-refractivity contribution is 5.87. The molecule has 3 aliphatic heterocycles. The van der Waals surface area contributed by atoms with Gasteiger partial charge >= 0.3 is 0 Å². The number of aliphatic imine (C=N–C) groups is 1. The topological polar surface area (TPSA) is 77.5 Å². The Kier molecular flexibility index (Phi) is 6.52. The van der Waals surface area contributed by atoms with E-state index in [9.17, 15) is 9.59 Å². The molecular weight excluding hydrogens is 382 g/mol. The number of nitrogens with one attached hydrogen (secondary N) is 1. The van der Waals surface area contributed by atoms with Crippen molar-refractivity contribution in [3.8, 4) is 0 Å². The summed E-state index contributed by atoms with van der Waals surface area (Å²) < 4.78 is 5.52. The van der Waals surface area contributed by atoms with Crippen LogP contribution in [0.2, 0.25) is 0 Å². The van der Waals surface area contributed by atoms with Crippen LogP contribution in [0.25, 0.3) is 0 Å². The van der Waals surface area contributed by atoms with Crippen molar-refractivity contribution in [2.75, 3.05) is 52.9 Å².